The summed E-state index contributed by atoms with van der Waals surface area (Å²) in [6.45, 7) is 0. The molecule has 90 valence electrons. The van der Waals surface area contributed by atoms with E-state index in [0.717, 1.165) is 11.1 Å². The lowest BCUT2D eigenvalue weighted by Gasteiger charge is -2.10. The molecule has 0 aliphatic rings. The van der Waals surface area contributed by atoms with E-state index in [0.29, 0.717) is 11.4 Å². The van der Waals surface area contributed by atoms with E-state index in [-0.39, 0.29) is 11.7 Å². The Labute approximate surface area is 110 Å². The Kier molecular flexibility index (Phi) is 3.96. The van der Waals surface area contributed by atoms with Gasteiger partial charge in [-0.25, -0.2) is 4.39 Å². The summed E-state index contributed by atoms with van der Waals surface area (Å²) in [5, 5.41) is 9.87. The maximum Gasteiger partial charge on any atom is 0.123 e. The Morgan fingerprint density at radius 1 is 1.11 bits per heavy atom. The molecular formula is C15H11ClFN. The van der Waals surface area contributed by atoms with Crippen LogP contribution in [0.15, 0.2) is 48.5 Å². The summed E-state index contributed by atoms with van der Waals surface area (Å²) in [4.78, 5) is 0. The maximum atomic E-state index is 12.8. The highest BCUT2D eigenvalue weighted by atomic mass is 35.5. The second kappa shape index (κ2) is 5.66. The van der Waals surface area contributed by atoms with E-state index in [9.17, 15) is 9.65 Å². The molecule has 0 bridgehead atoms. The fourth-order valence-corrected chi connectivity index (χ4v) is 2.03. The van der Waals surface area contributed by atoms with Crippen LogP contribution in [-0.4, -0.2) is 0 Å². The zero-order valence-electron chi connectivity index (χ0n) is 9.61. The van der Waals surface area contributed by atoms with E-state index in [1.165, 1.54) is 12.1 Å². The van der Waals surface area contributed by atoms with Crippen LogP contribution in [0.4, 0.5) is 4.39 Å². The van der Waals surface area contributed by atoms with Crippen LogP contribution in [0.2, 0.25) is 5.02 Å². The van der Waals surface area contributed by atoms with Gasteiger partial charge in [0.05, 0.1) is 12.0 Å². The van der Waals surface area contributed by atoms with Crippen LogP contribution < -0.4 is 0 Å². The molecule has 0 radical (unpaired) electrons. The van der Waals surface area contributed by atoms with Crippen molar-refractivity contribution < 1.29 is 4.39 Å². The minimum atomic E-state index is -0.314. The second-order valence-corrected chi connectivity index (χ2v) is 4.44. The standard InChI is InChI=1S/C15H11ClFN/c16-15-4-2-1-3-12(15)9-13(10-18)11-5-7-14(17)8-6-11/h1-8,13H,9H2. The summed E-state index contributed by atoms with van der Waals surface area (Å²) < 4.78 is 12.8. The van der Waals surface area contributed by atoms with Crippen LogP contribution in [0, 0.1) is 17.1 Å². The van der Waals surface area contributed by atoms with Gasteiger partial charge in [0.1, 0.15) is 5.82 Å². The molecule has 0 spiro atoms. The quantitative estimate of drug-likeness (QED) is 0.805. The molecule has 1 nitrogen and oxygen atoms in total. The minimum absolute atomic E-state index is 0.298. The second-order valence-electron chi connectivity index (χ2n) is 4.03. The molecule has 0 heterocycles. The summed E-state index contributed by atoms with van der Waals surface area (Å²) in [6, 6.07) is 15.7. The monoisotopic (exact) mass is 259 g/mol. The van der Waals surface area contributed by atoms with Crippen LogP contribution in [0.25, 0.3) is 0 Å². The van der Waals surface area contributed by atoms with E-state index in [1.54, 1.807) is 18.2 Å². The van der Waals surface area contributed by atoms with Gasteiger partial charge in [-0.2, -0.15) is 5.26 Å². The molecule has 2 aromatic carbocycles. The van der Waals surface area contributed by atoms with Crippen LogP contribution in [0.3, 0.4) is 0 Å². The van der Waals surface area contributed by atoms with E-state index in [1.807, 2.05) is 18.2 Å². The van der Waals surface area contributed by atoms with Gasteiger partial charge in [0.2, 0.25) is 0 Å². The number of rotatable bonds is 3. The molecule has 0 aliphatic heterocycles. The first-order valence-corrected chi connectivity index (χ1v) is 5.97. The molecule has 2 rings (SSSR count). The highest BCUT2D eigenvalue weighted by molar-refractivity contribution is 6.31. The van der Waals surface area contributed by atoms with Crippen molar-refractivity contribution in [1.82, 2.24) is 0 Å². The predicted octanol–water partition coefficient (Wildman–Crippen LogP) is 4.33. The van der Waals surface area contributed by atoms with Gasteiger partial charge in [-0.3, -0.25) is 0 Å². The summed E-state index contributed by atoms with van der Waals surface area (Å²) >= 11 is 6.07. The van der Waals surface area contributed by atoms with E-state index in [2.05, 4.69) is 6.07 Å². The van der Waals surface area contributed by atoms with Crippen LogP contribution in [-0.2, 0) is 6.42 Å². The van der Waals surface area contributed by atoms with Gasteiger partial charge in [0, 0.05) is 5.02 Å². The molecule has 3 heteroatoms. The highest BCUT2D eigenvalue weighted by Crippen LogP contribution is 2.24. The Hall–Kier alpha value is -1.85. The first-order valence-electron chi connectivity index (χ1n) is 5.59. The molecule has 0 aliphatic carbocycles. The molecular weight excluding hydrogens is 249 g/mol. The molecule has 18 heavy (non-hydrogen) atoms. The van der Waals surface area contributed by atoms with Crippen LogP contribution >= 0.6 is 11.6 Å². The molecule has 2 aromatic rings. The number of hydrogen-bond acceptors (Lipinski definition) is 1. The predicted molar refractivity (Wildman–Crippen MR) is 69.9 cm³/mol. The largest absolute Gasteiger partial charge is 0.207 e. The third-order valence-corrected chi connectivity index (χ3v) is 3.18. The fraction of sp³-hybridized carbons (Fsp3) is 0.133. The molecule has 0 amide bonds. The summed E-state index contributed by atoms with van der Waals surface area (Å²) in [5.74, 6) is -0.612. The van der Waals surface area contributed by atoms with Crippen molar-refractivity contribution in [3.63, 3.8) is 0 Å². The van der Waals surface area contributed by atoms with Crippen molar-refractivity contribution in [2.24, 2.45) is 0 Å². The number of benzene rings is 2. The Bertz CT molecular complexity index is 572. The molecule has 1 atom stereocenters. The lowest BCUT2D eigenvalue weighted by Crippen LogP contribution is -2.01. The van der Waals surface area contributed by atoms with Crippen LogP contribution in [0.5, 0.6) is 0 Å². The molecule has 0 aromatic heterocycles. The Morgan fingerprint density at radius 2 is 1.78 bits per heavy atom. The van der Waals surface area contributed by atoms with Crippen molar-refractivity contribution in [2.45, 2.75) is 12.3 Å². The van der Waals surface area contributed by atoms with Gasteiger partial charge in [0.25, 0.3) is 0 Å². The fourth-order valence-electron chi connectivity index (χ4n) is 1.82. The lowest BCUT2D eigenvalue weighted by atomic mass is 9.93. The van der Waals surface area contributed by atoms with Crippen molar-refractivity contribution in [3.8, 4) is 6.07 Å². The average molecular weight is 260 g/mol. The summed E-state index contributed by atoms with van der Waals surface area (Å²) in [5.41, 5.74) is 1.73. The maximum absolute atomic E-state index is 12.8. The smallest absolute Gasteiger partial charge is 0.123 e. The third-order valence-electron chi connectivity index (χ3n) is 2.81. The van der Waals surface area contributed by atoms with Gasteiger partial charge in [-0.15, -0.1) is 0 Å². The first-order chi connectivity index (χ1) is 8.70. The average Bonchev–Trinajstić information content (AvgIpc) is 2.39. The molecule has 0 fully saturated rings. The van der Waals surface area contributed by atoms with E-state index >= 15 is 0 Å². The summed E-state index contributed by atoms with van der Waals surface area (Å²) in [6.07, 6.45) is 0.530. The normalized spacial score (nSPS) is 11.8. The van der Waals surface area contributed by atoms with Crippen molar-refractivity contribution >= 4 is 11.6 Å². The minimum Gasteiger partial charge on any atom is -0.207 e. The lowest BCUT2D eigenvalue weighted by molar-refractivity contribution is 0.626. The van der Waals surface area contributed by atoms with Gasteiger partial charge < -0.3 is 0 Å². The highest BCUT2D eigenvalue weighted by Gasteiger charge is 2.13. The number of nitriles is 1. The van der Waals surface area contributed by atoms with Gasteiger partial charge >= 0.3 is 0 Å². The molecule has 0 N–H and O–H groups in total. The zero-order valence-corrected chi connectivity index (χ0v) is 10.4. The summed E-state index contributed by atoms with van der Waals surface area (Å²) in [7, 11) is 0. The number of hydrogen-bond donors (Lipinski definition) is 0. The zero-order chi connectivity index (χ0) is 13.0. The van der Waals surface area contributed by atoms with Crippen LogP contribution in [0.1, 0.15) is 17.0 Å². The number of halogens is 2. The van der Waals surface area contributed by atoms with Gasteiger partial charge in [0.15, 0.2) is 0 Å². The van der Waals surface area contributed by atoms with E-state index in [4.69, 9.17) is 11.6 Å². The van der Waals surface area contributed by atoms with Crippen molar-refractivity contribution in [1.29, 1.82) is 5.26 Å². The molecule has 1 unspecified atom stereocenters. The molecule has 0 saturated heterocycles. The van der Waals surface area contributed by atoms with Crippen molar-refractivity contribution in [2.75, 3.05) is 0 Å². The molecule has 0 saturated carbocycles. The Balaban J connectivity index is 2.23. The van der Waals surface area contributed by atoms with Gasteiger partial charge in [-0.05, 0) is 35.7 Å². The Morgan fingerprint density at radius 3 is 2.39 bits per heavy atom. The van der Waals surface area contributed by atoms with Gasteiger partial charge in [-0.1, -0.05) is 41.9 Å². The van der Waals surface area contributed by atoms with E-state index < -0.39 is 0 Å². The van der Waals surface area contributed by atoms with Crippen molar-refractivity contribution in [3.05, 3.63) is 70.5 Å². The topological polar surface area (TPSA) is 23.8 Å². The first kappa shape index (κ1) is 12.6. The third kappa shape index (κ3) is 2.88. The SMILES string of the molecule is N#CC(Cc1ccccc1Cl)c1ccc(F)cc1. The number of nitrogens with zero attached hydrogens (tertiary/aromatic N) is 1.